The van der Waals surface area contributed by atoms with Crippen LogP contribution in [0.1, 0.15) is 42.5 Å². The van der Waals surface area contributed by atoms with Crippen LogP contribution in [0.15, 0.2) is 58.2 Å². The van der Waals surface area contributed by atoms with Crippen LogP contribution in [0.5, 0.6) is 11.5 Å². The van der Waals surface area contributed by atoms with Crippen molar-refractivity contribution in [3.8, 4) is 17.6 Å². The highest BCUT2D eigenvalue weighted by atomic mass is 16.5. The Labute approximate surface area is 225 Å². The zero-order valence-corrected chi connectivity index (χ0v) is 22.3. The minimum atomic E-state index is -0.881. The number of carbonyl (C=O) groups is 3. The van der Waals surface area contributed by atoms with Crippen molar-refractivity contribution >= 4 is 39.8 Å². The fourth-order valence-electron chi connectivity index (χ4n) is 3.90. The van der Waals surface area contributed by atoms with Crippen LogP contribution in [-0.2, 0) is 16.0 Å². The van der Waals surface area contributed by atoms with Gasteiger partial charge < -0.3 is 29.6 Å². The van der Waals surface area contributed by atoms with Gasteiger partial charge in [-0.1, -0.05) is 12.1 Å². The molecule has 3 rings (SSSR count). The van der Waals surface area contributed by atoms with E-state index in [1.165, 1.54) is 19.9 Å². The lowest BCUT2D eigenvalue weighted by atomic mass is 10.0. The van der Waals surface area contributed by atoms with Crippen LogP contribution in [0.3, 0.4) is 0 Å². The summed E-state index contributed by atoms with van der Waals surface area (Å²) in [7, 11) is 3.15. The van der Waals surface area contributed by atoms with Gasteiger partial charge in [-0.05, 0) is 55.2 Å². The fraction of sp³-hybridized carbons (Fsp3) is 0.241. The van der Waals surface area contributed by atoms with Crippen molar-refractivity contribution < 1.29 is 33.4 Å². The number of aliphatic hydroxyl groups excluding tert-OH is 1. The van der Waals surface area contributed by atoms with E-state index in [0.29, 0.717) is 46.6 Å². The number of anilines is 1. The lowest BCUT2D eigenvalue weighted by Crippen LogP contribution is -2.24. The molecule has 0 atom stereocenters. The van der Waals surface area contributed by atoms with Gasteiger partial charge in [-0.3, -0.25) is 14.4 Å². The number of hydrogen-bond donors (Lipinski definition) is 3. The third-order valence-corrected chi connectivity index (χ3v) is 5.94. The van der Waals surface area contributed by atoms with Gasteiger partial charge in [0.25, 0.3) is 5.91 Å². The van der Waals surface area contributed by atoms with Crippen LogP contribution in [-0.4, -0.2) is 43.5 Å². The van der Waals surface area contributed by atoms with E-state index in [-0.39, 0.29) is 17.4 Å². The molecule has 1 heterocycles. The monoisotopic (exact) mass is 531 g/mol. The number of allylic oxidation sites excluding steroid dienone is 2. The van der Waals surface area contributed by atoms with Gasteiger partial charge in [0.1, 0.15) is 28.9 Å². The second kappa shape index (κ2) is 12.5. The van der Waals surface area contributed by atoms with E-state index in [9.17, 15) is 24.8 Å². The number of nitriles is 1. The molecule has 10 heteroatoms. The molecule has 0 unspecified atom stereocenters. The third-order valence-electron chi connectivity index (χ3n) is 5.94. The maximum Gasteiger partial charge on any atom is 0.269 e. The largest absolute Gasteiger partial charge is 0.511 e. The van der Waals surface area contributed by atoms with Crippen molar-refractivity contribution in [3.05, 3.63) is 70.7 Å². The normalized spacial score (nSPS) is 11.8. The Morgan fingerprint density at radius 2 is 1.82 bits per heavy atom. The molecule has 0 aliphatic rings. The van der Waals surface area contributed by atoms with Crippen molar-refractivity contribution in [1.82, 2.24) is 5.32 Å². The molecule has 39 heavy (non-hydrogen) atoms. The highest BCUT2D eigenvalue weighted by Gasteiger charge is 2.23. The highest BCUT2D eigenvalue weighted by Crippen LogP contribution is 2.34. The first kappa shape index (κ1) is 28.5. The molecule has 2 aromatic carbocycles. The summed E-state index contributed by atoms with van der Waals surface area (Å²) < 4.78 is 16.2. The summed E-state index contributed by atoms with van der Waals surface area (Å²) in [6, 6.07) is 12.1. The van der Waals surface area contributed by atoms with E-state index in [0.717, 1.165) is 5.56 Å². The van der Waals surface area contributed by atoms with Gasteiger partial charge in [-0.2, -0.15) is 5.26 Å². The molecule has 0 bridgehead atoms. The van der Waals surface area contributed by atoms with Crippen molar-refractivity contribution in [2.75, 3.05) is 26.1 Å². The van der Waals surface area contributed by atoms with Crippen molar-refractivity contribution in [2.45, 2.75) is 27.2 Å². The average Bonchev–Trinajstić information content (AvgIpc) is 3.26. The number of carbonyl (C=O) groups excluding carboxylic acids is 3. The van der Waals surface area contributed by atoms with Crippen LogP contribution in [0.2, 0.25) is 0 Å². The molecule has 3 N–H and O–H groups in total. The Morgan fingerprint density at radius 3 is 2.44 bits per heavy atom. The number of aliphatic hydroxyl groups is 1. The molecule has 0 spiro atoms. The van der Waals surface area contributed by atoms with Crippen LogP contribution in [0, 0.1) is 11.3 Å². The summed E-state index contributed by atoms with van der Waals surface area (Å²) in [5.41, 5.74) is 2.11. The topological polar surface area (TPSA) is 151 Å². The molecule has 0 saturated carbocycles. The van der Waals surface area contributed by atoms with Gasteiger partial charge in [0.05, 0.1) is 19.9 Å². The Hall–Kier alpha value is -5.04. The number of ketones is 1. The zero-order chi connectivity index (χ0) is 28.7. The second-order valence-electron chi connectivity index (χ2n) is 8.65. The number of nitrogens with one attached hydrogen (secondary N) is 2. The SMILES string of the molecule is COc1ccc(CCNC(=O)/C=C(\C)c2ccc3oc(C(C)=O)c(NC(=O)/C(C#N)=C(\C)O)c3c2)c(OC)c1. The fourth-order valence-corrected chi connectivity index (χ4v) is 3.90. The minimum Gasteiger partial charge on any atom is -0.511 e. The molecule has 0 radical (unpaired) electrons. The number of amides is 2. The van der Waals surface area contributed by atoms with Crippen molar-refractivity contribution in [3.63, 3.8) is 0 Å². The molecule has 0 fully saturated rings. The molecule has 3 aromatic rings. The predicted octanol–water partition coefficient (Wildman–Crippen LogP) is 4.71. The van der Waals surface area contributed by atoms with E-state index in [2.05, 4.69) is 10.6 Å². The summed E-state index contributed by atoms with van der Waals surface area (Å²) in [6.07, 6.45) is 2.00. The summed E-state index contributed by atoms with van der Waals surface area (Å²) in [6.45, 7) is 4.62. The number of methoxy groups -OCH3 is 2. The Morgan fingerprint density at radius 1 is 1.08 bits per heavy atom. The minimum absolute atomic E-state index is 0.0732. The molecule has 0 saturated heterocycles. The van der Waals surface area contributed by atoms with Gasteiger partial charge in [-0.15, -0.1) is 0 Å². The average molecular weight is 532 g/mol. The molecule has 10 nitrogen and oxygen atoms in total. The Kier molecular flexibility index (Phi) is 9.12. The molecular formula is C29H29N3O7. The van der Waals surface area contributed by atoms with E-state index < -0.39 is 23.0 Å². The predicted molar refractivity (Wildman–Crippen MR) is 146 cm³/mol. The molecule has 1 aromatic heterocycles. The summed E-state index contributed by atoms with van der Waals surface area (Å²) in [5.74, 6) is -0.827. The maximum atomic E-state index is 12.6. The molecule has 202 valence electrons. The molecule has 2 amide bonds. The summed E-state index contributed by atoms with van der Waals surface area (Å²) in [5, 5.41) is 24.6. The Balaban J connectivity index is 1.81. The number of nitrogens with zero attached hydrogens (tertiary/aromatic N) is 1. The number of hydrogen-bond acceptors (Lipinski definition) is 8. The standard InChI is InChI=1S/C29H29N3O7/c1-16(12-26(35)31-11-10-19-6-8-21(37-4)14-25(19)38-5)20-7-9-24-22(13-20)27(28(39-24)18(3)34)32-29(36)23(15-30)17(2)33/h6-9,12-14,33H,10-11H2,1-5H3,(H,31,35)(H,32,36)/b16-12+,23-17+. The number of rotatable bonds is 10. The summed E-state index contributed by atoms with van der Waals surface area (Å²) >= 11 is 0. The van der Waals surface area contributed by atoms with Crippen molar-refractivity contribution in [1.29, 1.82) is 5.26 Å². The molecular weight excluding hydrogens is 502 g/mol. The number of furan rings is 1. The van der Waals surface area contributed by atoms with Gasteiger partial charge in [-0.25, -0.2) is 0 Å². The van der Waals surface area contributed by atoms with E-state index in [4.69, 9.17) is 13.9 Å². The van der Waals surface area contributed by atoms with Crippen LogP contribution >= 0.6 is 0 Å². The van der Waals surface area contributed by atoms with Gasteiger partial charge >= 0.3 is 0 Å². The van der Waals surface area contributed by atoms with Gasteiger partial charge in [0.15, 0.2) is 17.1 Å². The first-order chi connectivity index (χ1) is 18.6. The first-order valence-corrected chi connectivity index (χ1v) is 12.0. The lowest BCUT2D eigenvalue weighted by molar-refractivity contribution is -0.116. The maximum absolute atomic E-state index is 12.6. The lowest BCUT2D eigenvalue weighted by Gasteiger charge is -2.10. The van der Waals surface area contributed by atoms with Crippen LogP contribution in [0.4, 0.5) is 5.69 Å². The van der Waals surface area contributed by atoms with Gasteiger partial charge in [0, 0.05) is 31.0 Å². The third kappa shape index (κ3) is 6.64. The van der Waals surface area contributed by atoms with Crippen molar-refractivity contribution in [2.24, 2.45) is 0 Å². The highest BCUT2D eigenvalue weighted by molar-refractivity contribution is 6.15. The summed E-state index contributed by atoms with van der Waals surface area (Å²) in [4.78, 5) is 37.3. The number of benzene rings is 2. The van der Waals surface area contributed by atoms with Crippen LogP contribution < -0.4 is 20.1 Å². The van der Waals surface area contributed by atoms with E-state index in [1.54, 1.807) is 51.5 Å². The Bertz CT molecular complexity index is 1540. The quantitative estimate of drug-likeness (QED) is 0.147. The number of ether oxygens (including phenoxy) is 2. The van der Waals surface area contributed by atoms with E-state index in [1.807, 2.05) is 12.1 Å². The second-order valence-corrected chi connectivity index (χ2v) is 8.65. The zero-order valence-electron chi connectivity index (χ0n) is 22.3. The van der Waals surface area contributed by atoms with Crippen LogP contribution in [0.25, 0.3) is 16.5 Å². The smallest absolute Gasteiger partial charge is 0.269 e. The first-order valence-electron chi connectivity index (χ1n) is 12.0. The molecule has 0 aliphatic carbocycles. The number of Topliss-reactive ketones (excluding diaryl/α,β-unsaturated/α-hetero) is 1. The van der Waals surface area contributed by atoms with E-state index >= 15 is 0 Å². The number of fused-ring (bicyclic) bond motifs is 1. The molecule has 0 aliphatic heterocycles. The van der Waals surface area contributed by atoms with Gasteiger partial charge in [0.2, 0.25) is 5.91 Å².